The van der Waals surface area contributed by atoms with Crippen LogP contribution < -0.4 is 10.5 Å². The van der Waals surface area contributed by atoms with E-state index < -0.39 is 0 Å². The normalized spacial score (nSPS) is 24.0. The quantitative estimate of drug-likeness (QED) is 0.545. The third kappa shape index (κ3) is 4.16. The first-order valence-corrected chi connectivity index (χ1v) is 11.8. The van der Waals surface area contributed by atoms with Crippen LogP contribution in [0.3, 0.4) is 0 Å². The molecule has 0 radical (unpaired) electrons. The highest BCUT2D eigenvalue weighted by Gasteiger charge is 2.56. The largest absolute Gasteiger partial charge is 0.435 e. The molecule has 0 bridgehead atoms. The number of aliphatic hydroxyl groups is 1. The van der Waals surface area contributed by atoms with E-state index in [-0.39, 0.29) is 6.61 Å². The zero-order valence-corrected chi connectivity index (χ0v) is 18.5. The van der Waals surface area contributed by atoms with Crippen LogP contribution in [0.5, 0.6) is 11.6 Å². The van der Waals surface area contributed by atoms with Crippen LogP contribution >= 0.6 is 0 Å². The number of hydrogen-bond acceptors (Lipinski definition) is 8. The Labute approximate surface area is 192 Å². The van der Waals surface area contributed by atoms with Crippen LogP contribution in [0.15, 0.2) is 42.7 Å². The molecule has 1 unspecified atom stereocenters. The van der Waals surface area contributed by atoms with Gasteiger partial charge in [0, 0.05) is 67.8 Å². The number of ether oxygens (including phenoxy) is 1. The number of nitrogens with two attached hydrogens (primary N) is 1. The second-order valence-electron chi connectivity index (χ2n) is 9.38. The summed E-state index contributed by atoms with van der Waals surface area (Å²) in [5.41, 5.74) is 8.99. The molecular formula is C25H28N6O2. The van der Waals surface area contributed by atoms with E-state index in [2.05, 4.69) is 20.9 Å². The zero-order valence-electron chi connectivity index (χ0n) is 18.5. The van der Waals surface area contributed by atoms with Crippen LogP contribution in [-0.4, -0.2) is 56.2 Å². The predicted octanol–water partition coefficient (Wildman–Crippen LogP) is 3.21. The van der Waals surface area contributed by atoms with Gasteiger partial charge in [-0.3, -0.25) is 0 Å². The van der Waals surface area contributed by atoms with Gasteiger partial charge < -0.3 is 20.5 Å². The van der Waals surface area contributed by atoms with Crippen molar-refractivity contribution in [3.63, 3.8) is 0 Å². The van der Waals surface area contributed by atoms with E-state index in [4.69, 9.17) is 25.5 Å². The molecule has 3 atom stereocenters. The molecule has 3 fully saturated rings. The van der Waals surface area contributed by atoms with Crippen molar-refractivity contribution in [2.24, 2.45) is 11.8 Å². The van der Waals surface area contributed by atoms with Crippen molar-refractivity contribution in [2.75, 3.05) is 32.0 Å². The third-order valence-electron chi connectivity index (χ3n) is 6.98. The summed E-state index contributed by atoms with van der Waals surface area (Å²) >= 11 is 0. The van der Waals surface area contributed by atoms with Gasteiger partial charge in [-0.05, 0) is 49.3 Å². The van der Waals surface area contributed by atoms with Gasteiger partial charge in [-0.15, -0.1) is 0 Å². The average Bonchev–Trinajstić information content (AvgIpc) is 3.76. The van der Waals surface area contributed by atoms with E-state index in [1.807, 2.05) is 18.2 Å². The first-order valence-electron chi connectivity index (χ1n) is 11.8. The molecule has 3 N–H and O–H groups in total. The second-order valence-corrected chi connectivity index (χ2v) is 9.38. The van der Waals surface area contributed by atoms with E-state index in [9.17, 15) is 0 Å². The van der Waals surface area contributed by atoms with Gasteiger partial charge in [-0.1, -0.05) is 6.07 Å². The van der Waals surface area contributed by atoms with Crippen LogP contribution in [-0.2, 0) is 0 Å². The highest BCUT2D eigenvalue weighted by atomic mass is 16.5. The van der Waals surface area contributed by atoms with Gasteiger partial charge in [-0.25, -0.2) is 19.9 Å². The lowest BCUT2D eigenvalue weighted by Crippen LogP contribution is -2.26. The lowest BCUT2D eigenvalue weighted by molar-refractivity contribution is 0.234. The SMILES string of the molecule is Nc1ncc(-c2cc(C3[C@H]4CN(CCCO)C[C@@H]34)nc(C3CC3)n2)cc1Oc1ccccn1. The average molecular weight is 445 g/mol. The number of likely N-dealkylation sites (tertiary alicyclic amines) is 1. The number of hydrogen-bond donors (Lipinski definition) is 2. The molecule has 0 spiro atoms. The van der Waals surface area contributed by atoms with Crippen LogP contribution in [0.1, 0.15) is 42.6 Å². The van der Waals surface area contributed by atoms with Crippen LogP contribution in [0.4, 0.5) is 5.82 Å². The summed E-state index contributed by atoms with van der Waals surface area (Å²) in [6.07, 6.45) is 6.60. The number of piperidine rings is 1. The van der Waals surface area contributed by atoms with Crippen molar-refractivity contribution in [3.05, 3.63) is 54.2 Å². The molecule has 0 aromatic carbocycles. The highest BCUT2D eigenvalue weighted by molar-refractivity contribution is 5.65. The molecule has 2 aliphatic carbocycles. The van der Waals surface area contributed by atoms with Crippen molar-refractivity contribution in [2.45, 2.75) is 31.1 Å². The first-order chi connectivity index (χ1) is 16.2. The summed E-state index contributed by atoms with van der Waals surface area (Å²) in [6, 6.07) is 9.52. The number of pyridine rings is 2. The number of aromatic nitrogens is 4. The summed E-state index contributed by atoms with van der Waals surface area (Å²) in [5, 5.41) is 9.11. The summed E-state index contributed by atoms with van der Waals surface area (Å²) < 4.78 is 5.89. The lowest BCUT2D eigenvalue weighted by Gasteiger charge is -2.19. The molecule has 8 heteroatoms. The fourth-order valence-electron chi connectivity index (χ4n) is 5.05. The first kappa shape index (κ1) is 20.5. The van der Waals surface area contributed by atoms with Gasteiger partial charge >= 0.3 is 0 Å². The van der Waals surface area contributed by atoms with Crippen LogP contribution in [0.25, 0.3) is 11.3 Å². The third-order valence-corrected chi connectivity index (χ3v) is 6.98. The number of rotatable bonds is 8. The zero-order chi connectivity index (χ0) is 22.4. The Bertz CT molecular complexity index is 1140. The molecule has 0 amide bonds. The molecule has 2 saturated carbocycles. The van der Waals surface area contributed by atoms with Gasteiger partial charge in [0.1, 0.15) is 5.82 Å². The Morgan fingerprint density at radius 2 is 1.94 bits per heavy atom. The number of nitrogens with zero attached hydrogens (tertiary/aromatic N) is 5. The standard InChI is InChI=1S/C25H28N6O2/c26-24-21(33-22-4-1-2-7-27-22)10-16(12-28-24)19-11-20(30-25(29-19)15-5-6-15)23-17-13-31(8-3-9-32)14-18(17)23/h1-2,4,7,10-12,15,17-18,23,32H,3,5-6,8-9,13-14H2,(H2,26,28)/t17-,18+,23?. The Hall–Kier alpha value is -3.10. The minimum Gasteiger partial charge on any atom is -0.435 e. The smallest absolute Gasteiger partial charge is 0.219 e. The van der Waals surface area contributed by atoms with E-state index in [1.54, 1.807) is 18.5 Å². The highest BCUT2D eigenvalue weighted by Crippen LogP contribution is 2.58. The minimum absolute atomic E-state index is 0.261. The van der Waals surface area contributed by atoms with E-state index in [0.717, 1.165) is 61.7 Å². The molecule has 33 heavy (non-hydrogen) atoms. The van der Waals surface area contributed by atoms with Gasteiger partial charge in [0.25, 0.3) is 0 Å². The fourth-order valence-corrected chi connectivity index (χ4v) is 5.05. The Morgan fingerprint density at radius 1 is 1.09 bits per heavy atom. The second kappa shape index (κ2) is 8.35. The number of aliphatic hydroxyl groups excluding tert-OH is 1. The van der Waals surface area contributed by atoms with Crippen LogP contribution in [0.2, 0.25) is 0 Å². The van der Waals surface area contributed by atoms with Crippen molar-refractivity contribution >= 4 is 5.82 Å². The summed E-state index contributed by atoms with van der Waals surface area (Å²) in [4.78, 5) is 21.0. The number of anilines is 1. The van der Waals surface area contributed by atoms with Gasteiger partial charge in [0.2, 0.25) is 5.88 Å². The summed E-state index contributed by atoms with van der Waals surface area (Å²) in [5.74, 6) is 4.51. The molecule has 170 valence electrons. The number of nitrogen functional groups attached to an aromatic ring is 1. The van der Waals surface area contributed by atoms with Crippen LogP contribution in [0, 0.1) is 11.8 Å². The molecule has 3 aromatic rings. The topological polar surface area (TPSA) is 110 Å². The molecule has 1 saturated heterocycles. The monoisotopic (exact) mass is 444 g/mol. The van der Waals surface area contributed by atoms with Gasteiger partial charge in [0.15, 0.2) is 11.6 Å². The summed E-state index contributed by atoms with van der Waals surface area (Å²) in [7, 11) is 0. The predicted molar refractivity (Wildman–Crippen MR) is 124 cm³/mol. The van der Waals surface area contributed by atoms with E-state index >= 15 is 0 Å². The molecule has 3 aliphatic rings. The van der Waals surface area contributed by atoms with Gasteiger partial charge in [0.05, 0.1) is 5.69 Å². The molecule has 1 aliphatic heterocycles. The maximum atomic E-state index is 9.11. The van der Waals surface area contributed by atoms with Crippen molar-refractivity contribution in [1.29, 1.82) is 0 Å². The molecule has 4 heterocycles. The molecule has 3 aromatic heterocycles. The van der Waals surface area contributed by atoms with Crippen molar-refractivity contribution < 1.29 is 9.84 Å². The fraction of sp³-hybridized carbons (Fsp3) is 0.440. The molecule has 6 rings (SSSR count). The van der Waals surface area contributed by atoms with Crippen molar-refractivity contribution in [3.8, 4) is 22.9 Å². The maximum Gasteiger partial charge on any atom is 0.219 e. The summed E-state index contributed by atoms with van der Waals surface area (Å²) in [6.45, 7) is 3.43. The van der Waals surface area contributed by atoms with E-state index in [0.29, 0.717) is 41.1 Å². The Balaban J connectivity index is 1.27. The molecule has 8 nitrogen and oxygen atoms in total. The van der Waals surface area contributed by atoms with Crippen molar-refractivity contribution in [1.82, 2.24) is 24.8 Å². The molecular weight excluding hydrogens is 416 g/mol. The minimum atomic E-state index is 0.261. The Morgan fingerprint density at radius 3 is 2.67 bits per heavy atom. The lowest BCUT2D eigenvalue weighted by atomic mass is 10.1. The van der Waals surface area contributed by atoms with E-state index in [1.165, 1.54) is 0 Å². The number of fused-ring (bicyclic) bond motifs is 1. The maximum absolute atomic E-state index is 9.11. The Kier molecular flexibility index (Phi) is 5.19. The van der Waals surface area contributed by atoms with Gasteiger partial charge in [-0.2, -0.15) is 0 Å².